The van der Waals surface area contributed by atoms with E-state index in [1.54, 1.807) is 5.56 Å². The lowest BCUT2D eigenvalue weighted by Crippen LogP contribution is -2.48. The van der Waals surface area contributed by atoms with Gasteiger partial charge in [0.2, 0.25) is 0 Å². The molecule has 4 saturated carbocycles. The van der Waals surface area contributed by atoms with Crippen LogP contribution in [0.2, 0.25) is 0 Å². The average Bonchev–Trinajstić information content (AvgIpc) is 2.69. The molecule has 1 saturated heterocycles. The summed E-state index contributed by atoms with van der Waals surface area (Å²) in [6.07, 6.45) is 9.13. The zero-order chi connectivity index (χ0) is 19.8. The summed E-state index contributed by atoms with van der Waals surface area (Å²) in [5.41, 5.74) is 2.02. The SMILES string of the molecule is CN1CCN(CC(O)CCOc2ccc(C34CC5CC(CC(C5)C3)C4)cc2)CC1. The van der Waals surface area contributed by atoms with E-state index in [-0.39, 0.29) is 6.10 Å². The van der Waals surface area contributed by atoms with Crippen molar-refractivity contribution in [3.05, 3.63) is 29.8 Å². The average molecular weight is 399 g/mol. The van der Waals surface area contributed by atoms with Crippen LogP contribution in [0.4, 0.5) is 0 Å². The molecule has 6 rings (SSSR count). The molecule has 1 aromatic carbocycles. The number of nitrogens with zero attached hydrogens (tertiary/aromatic N) is 2. The first-order valence-electron chi connectivity index (χ1n) is 11.9. The molecule has 29 heavy (non-hydrogen) atoms. The Morgan fingerprint density at radius 2 is 1.55 bits per heavy atom. The second-order valence-electron chi connectivity index (χ2n) is 10.6. The monoisotopic (exact) mass is 398 g/mol. The molecule has 1 atom stereocenters. The van der Waals surface area contributed by atoms with E-state index < -0.39 is 0 Å². The number of aliphatic hydroxyl groups excluding tert-OH is 1. The van der Waals surface area contributed by atoms with Crippen LogP contribution in [0.5, 0.6) is 5.75 Å². The number of ether oxygens (including phenoxy) is 1. The molecule has 1 N–H and O–H groups in total. The van der Waals surface area contributed by atoms with E-state index in [0.717, 1.165) is 56.2 Å². The molecule has 1 aliphatic heterocycles. The van der Waals surface area contributed by atoms with E-state index in [0.29, 0.717) is 18.4 Å². The van der Waals surface area contributed by atoms with Crippen molar-refractivity contribution in [2.24, 2.45) is 17.8 Å². The van der Waals surface area contributed by atoms with Crippen LogP contribution in [0, 0.1) is 17.8 Å². The lowest BCUT2D eigenvalue weighted by molar-refractivity contribution is -0.00520. The van der Waals surface area contributed by atoms with Gasteiger partial charge in [0.15, 0.2) is 0 Å². The van der Waals surface area contributed by atoms with Gasteiger partial charge in [-0.2, -0.15) is 0 Å². The van der Waals surface area contributed by atoms with Crippen molar-refractivity contribution in [3.63, 3.8) is 0 Å². The van der Waals surface area contributed by atoms with Crippen molar-refractivity contribution in [2.45, 2.75) is 56.5 Å². The zero-order valence-corrected chi connectivity index (χ0v) is 18.1. The van der Waals surface area contributed by atoms with Crippen LogP contribution in [-0.2, 0) is 5.41 Å². The fourth-order valence-electron chi connectivity index (χ4n) is 7.10. The number of rotatable bonds is 7. The molecule has 0 radical (unpaired) electrons. The zero-order valence-electron chi connectivity index (χ0n) is 18.1. The van der Waals surface area contributed by atoms with Gasteiger partial charge in [-0.15, -0.1) is 0 Å². The van der Waals surface area contributed by atoms with Crippen LogP contribution in [-0.4, -0.2) is 67.4 Å². The second-order valence-corrected chi connectivity index (χ2v) is 10.6. The van der Waals surface area contributed by atoms with E-state index >= 15 is 0 Å². The van der Waals surface area contributed by atoms with Crippen LogP contribution in [0.15, 0.2) is 24.3 Å². The van der Waals surface area contributed by atoms with Gasteiger partial charge in [-0.1, -0.05) is 12.1 Å². The molecule has 4 aliphatic carbocycles. The van der Waals surface area contributed by atoms with Gasteiger partial charge >= 0.3 is 0 Å². The van der Waals surface area contributed by atoms with E-state index in [2.05, 4.69) is 41.1 Å². The predicted molar refractivity (Wildman–Crippen MR) is 116 cm³/mol. The lowest BCUT2D eigenvalue weighted by atomic mass is 9.48. The number of hydrogen-bond acceptors (Lipinski definition) is 4. The van der Waals surface area contributed by atoms with Crippen molar-refractivity contribution >= 4 is 0 Å². The Labute approximate surface area is 176 Å². The Kier molecular flexibility index (Phi) is 5.61. The Hall–Kier alpha value is -1.10. The van der Waals surface area contributed by atoms with E-state index in [1.807, 2.05) is 0 Å². The Bertz CT molecular complexity index is 645. The van der Waals surface area contributed by atoms with Crippen molar-refractivity contribution < 1.29 is 9.84 Å². The third-order valence-electron chi connectivity index (χ3n) is 8.29. The van der Waals surface area contributed by atoms with Gasteiger partial charge in [-0.25, -0.2) is 0 Å². The minimum absolute atomic E-state index is 0.301. The highest BCUT2D eigenvalue weighted by atomic mass is 16.5. The summed E-state index contributed by atoms with van der Waals surface area (Å²) in [7, 11) is 2.16. The number of hydrogen-bond donors (Lipinski definition) is 1. The van der Waals surface area contributed by atoms with Crippen LogP contribution >= 0.6 is 0 Å². The van der Waals surface area contributed by atoms with Gasteiger partial charge in [-0.05, 0) is 86.4 Å². The molecular weight excluding hydrogens is 360 g/mol. The molecular formula is C25H38N2O2. The van der Waals surface area contributed by atoms with Crippen molar-refractivity contribution in [1.29, 1.82) is 0 Å². The van der Waals surface area contributed by atoms with Crippen LogP contribution in [0.1, 0.15) is 50.5 Å². The third kappa shape index (κ3) is 4.35. The summed E-state index contributed by atoms with van der Waals surface area (Å²) in [4.78, 5) is 4.71. The number of benzene rings is 1. The fourth-order valence-corrected chi connectivity index (χ4v) is 7.10. The van der Waals surface area contributed by atoms with Crippen molar-refractivity contribution in [2.75, 3.05) is 46.4 Å². The van der Waals surface area contributed by atoms with Crippen LogP contribution < -0.4 is 4.74 Å². The molecule has 5 fully saturated rings. The summed E-state index contributed by atoms with van der Waals surface area (Å²) < 4.78 is 5.97. The van der Waals surface area contributed by atoms with Gasteiger partial charge in [0.25, 0.3) is 0 Å². The van der Waals surface area contributed by atoms with Gasteiger partial charge in [0.05, 0.1) is 12.7 Å². The second kappa shape index (κ2) is 8.20. The van der Waals surface area contributed by atoms with Crippen molar-refractivity contribution in [3.8, 4) is 5.75 Å². The summed E-state index contributed by atoms with van der Waals surface area (Å²) in [5, 5.41) is 10.4. The quantitative estimate of drug-likeness (QED) is 0.762. The Balaban J connectivity index is 1.10. The summed E-state index contributed by atoms with van der Waals surface area (Å²) in [6.45, 7) is 5.66. The normalized spacial score (nSPS) is 35.7. The molecule has 0 amide bonds. The third-order valence-corrected chi connectivity index (χ3v) is 8.29. The first-order chi connectivity index (χ1) is 14.1. The molecule has 1 aromatic rings. The molecule has 4 nitrogen and oxygen atoms in total. The predicted octanol–water partition coefficient (Wildman–Crippen LogP) is 3.53. The summed E-state index contributed by atoms with van der Waals surface area (Å²) in [6, 6.07) is 9.01. The number of aliphatic hydroxyl groups is 1. The first kappa shape index (κ1) is 19.8. The summed E-state index contributed by atoms with van der Waals surface area (Å²) >= 11 is 0. The number of β-amino-alcohol motifs (C(OH)–C–C–N with tert-alkyl or cyclic N) is 1. The van der Waals surface area contributed by atoms with Crippen molar-refractivity contribution in [1.82, 2.24) is 9.80 Å². The van der Waals surface area contributed by atoms with Gasteiger partial charge in [-0.3, -0.25) is 4.90 Å². The van der Waals surface area contributed by atoms with E-state index in [9.17, 15) is 5.11 Å². The highest BCUT2D eigenvalue weighted by Crippen LogP contribution is 2.60. The standard InChI is InChI=1S/C25H38N2O2/c1-26-7-9-27(10-8-26)18-23(28)6-11-29-24-4-2-22(3-5-24)25-15-19-12-20(16-25)14-21(13-19)17-25/h2-5,19-21,23,28H,6-18H2,1H3. The molecule has 1 heterocycles. The maximum Gasteiger partial charge on any atom is 0.119 e. The highest BCUT2D eigenvalue weighted by molar-refractivity contribution is 5.34. The first-order valence-corrected chi connectivity index (χ1v) is 11.9. The van der Waals surface area contributed by atoms with Gasteiger partial charge < -0.3 is 14.7 Å². The largest absolute Gasteiger partial charge is 0.493 e. The molecule has 4 bridgehead atoms. The maximum absolute atomic E-state index is 10.4. The lowest BCUT2D eigenvalue weighted by Gasteiger charge is -2.57. The van der Waals surface area contributed by atoms with Gasteiger partial charge in [0.1, 0.15) is 5.75 Å². The van der Waals surface area contributed by atoms with Crippen LogP contribution in [0.3, 0.4) is 0 Å². The molecule has 5 aliphatic rings. The fraction of sp³-hybridized carbons (Fsp3) is 0.760. The topological polar surface area (TPSA) is 35.9 Å². The minimum atomic E-state index is -0.301. The molecule has 4 heteroatoms. The highest BCUT2D eigenvalue weighted by Gasteiger charge is 2.51. The van der Waals surface area contributed by atoms with E-state index in [1.165, 1.54) is 38.5 Å². The Morgan fingerprint density at radius 3 is 2.14 bits per heavy atom. The molecule has 1 unspecified atom stereocenters. The van der Waals surface area contributed by atoms with Crippen LogP contribution in [0.25, 0.3) is 0 Å². The number of likely N-dealkylation sites (N-methyl/N-ethyl adjacent to an activating group) is 1. The molecule has 0 spiro atoms. The summed E-state index contributed by atoms with van der Waals surface area (Å²) in [5.74, 6) is 3.90. The molecule has 160 valence electrons. The number of piperazine rings is 1. The smallest absolute Gasteiger partial charge is 0.119 e. The minimum Gasteiger partial charge on any atom is -0.493 e. The Morgan fingerprint density at radius 1 is 0.966 bits per heavy atom. The van der Waals surface area contributed by atoms with Gasteiger partial charge in [0, 0.05) is 39.1 Å². The van der Waals surface area contributed by atoms with E-state index in [4.69, 9.17) is 4.74 Å². The maximum atomic E-state index is 10.4. The molecule has 0 aromatic heterocycles.